The van der Waals surface area contributed by atoms with Gasteiger partial charge in [-0.05, 0) is 65.6 Å². The average molecular weight is 373 g/mol. The number of benzene rings is 1. The summed E-state index contributed by atoms with van der Waals surface area (Å²) in [4.78, 5) is 19.7. The largest absolute Gasteiger partial charge is 0.355 e. The van der Waals surface area contributed by atoms with Crippen LogP contribution < -0.4 is 5.32 Å². The van der Waals surface area contributed by atoms with Crippen LogP contribution in [0.4, 0.5) is 0 Å². The minimum atomic E-state index is 0.0729. The van der Waals surface area contributed by atoms with Gasteiger partial charge in [-0.2, -0.15) is 0 Å². The molecule has 1 N–H and O–H groups in total. The molecule has 0 unspecified atom stereocenters. The molecule has 0 spiro atoms. The topological polar surface area (TPSA) is 38.8 Å². The van der Waals surface area contributed by atoms with Gasteiger partial charge in [0.1, 0.15) is 0 Å². The van der Waals surface area contributed by atoms with Crippen molar-refractivity contribution in [3.05, 3.63) is 35.9 Å². The Hall–Kier alpha value is -1.43. The molecule has 3 rings (SSSR count). The quantitative estimate of drug-likeness (QED) is 0.792. The Balaban J connectivity index is 1.52. The lowest BCUT2D eigenvalue weighted by molar-refractivity contribution is -0.121. The van der Waals surface area contributed by atoms with E-state index in [2.05, 4.69) is 71.5 Å². The van der Waals surface area contributed by atoms with E-state index in [1.807, 2.05) is 0 Å². The Labute approximate surface area is 164 Å². The van der Waals surface area contributed by atoms with Gasteiger partial charge in [-0.25, -0.2) is 0 Å². The molecule has 1 aromatic rings. The molecule has 27 heavy (non-hydrogen) atoms. The van der Waals surface area contributed by atoms with Gasteiger partial charge in [0.05, 0.1) is 0 Å². The number of likely N-dealkylation sites (N-methyl/N-ethyl adjacent to an activating group) is 2. The van der Waals surface area contributed by atoms with E-state index in [4.69, 9.17) is 0 Å². The number of nitrogens with one attached hydrogen (secondary N) is 1. The minimum Gasteiger partial charge on any atom is -0.355 e. The lowest BCUT2D eigenvalue weighted by Crippen LogP contribution is -2.48. The van der Waals surface area contributed by atoms with Crippen LogP contribution in [-0.2, 0) is 10.2 Å². The minimum absolute atomic E-state index is 0.0729. The van der Waals surface area contributed by atoms with Gasteiger partial charge in [-0.1, -0.05) is 30.3 Å². The van der Waals surface area contributed by atoms with Crippen molar-refractivity contribution in [2.45, 2.75) is 37.1 Å². The molecular formula is C22H36N4O. The molecule has 0 aliphatic carbocycles. The van der Waals surface area contributed by atoms with Crippen molar-refractivity contribution in [3.63, 3.8) is 0 Å². The first-order valence-corrected chi connectivity index (χ1v) is 10.4. The van der Waals surface area contributed by atoms with E-state index in [1.54, 1.807) is 0 Å². The lowest BCUT2D eigenvalue weighted by Gasteiger charge is -2.41. The predicted octanol–water partition coefficient (Wildman–Crippen LogP) is 1.79. The Morgan fingerprint density at radius 2 is 1.85 bits per heavy atom. The number of hydrogen-bond acceptors (Lipinski definition) is 4. The smallest absolute Gasteiger partial charge is 0.221 e. The van der Waals surface area contributed by atoms with E-state index < -0.39 is 0 Å². The van der Waals surface area contributed by atoms with Crippen molar-refractivity contribution < 1.29 is 4.79 Å². The summed E-state index contributed by atoms with van der Waals surface area (Å²) in [6.07, 6.45) is 3.99. The summed E-state index contributed by atoms with van der Waals surface area (Å²) < 4.78 is 0. The molecule has 2 heterocycles. The van der Waals surface area contributed by atoms with E-state index in [9.17, 15) is 4.79 Å². The van der Waals surface area contributed by atoms with Gasteiger partial charge in [0.2, 0.25) is 5.91 Å². The van der Waals surface area contributed by atoms with E-state index in [0.717, 1.165) is 52.1 Å². The number of hydrogen-bond donors (Lipinski definition) is 1. The van der Waals surface area contributed by atoms with Gasteiger partial charge >= 0.3 is 0 Å². The number of nitrogens with zero attached hydrogens (tertiary/aromatic N) is 3. The molecule has 150 valence electrons. The summed E-state index contributed by atoms with van der Waals surface area (Å²) in [6.45, 7) is 6.04. The first kappa shape index (κ1) is 20.3. The monoisotopic (exact) mass is 372 g/mol. The highest BCUT2D eigenvalue weighted by atomic mass is 16.1. The molecule has 0 radical (unpaired) electrons. The molecule has 2 aliphatic rings. The summed E-state index contributed by atoms with van der Waals surface area (Å²) in [7, 11) is 6.51. The average Bonchev–Trinajstić information content (AvgIpc) is 3.13. The zero-order valence-corrected chi connectivity index (χ0v) is 17.3. The Bertz CT molecular complexity index is 598. The molecule has 1 aromatic carbocycles. The number of rotatable bonds is 7. The molecule has 0 aromatic heterocycles. The van der Waals surface area contributed by atoms with Gasteiger partial charge in [-0.3, -0.25) is 4.79 Å². The van der Waals surface area contributed by atoms with Crippen LogP contribution in [-0.4, -0.2) is 87.1 Å². The van der Waals surface area contributed by atoms with Crippen molar-refractivity contribution in [3.8, 4) is 0 Å². The molecule has 5 heteroatoms. The molecule has 2 fully saturated rings. The third-order valence-electron chi connectivity index (χ3n) is 6.64. The van der Waals surface area contributed by atoms with Gasteiger partial charge in [0.25, 0.3) is 0 Å². The number of carbonyl (C=O) groups excluding carboxylic acids is 1. The molecule has 0 saturated carbocycles. The van der Waals surface area contributed by atoms with Gasteiger partial charge < -0.3 is 20.0 Å². The van der Waals surface area contributed by atoms with Crippen LogP contribution in [0.15, 0.2) is 30.3 Å². The summed E-state index contributed by atoms with van der Waals surface area (Å²) in [5, 5.41) is 3.27. The molecule has 1 atom stereocenters. The van der Waals surface area contributed by atoms with Crippen molar-refractivity contribution in [2.24, 2.45) is 0 Å². The standard InChI is InChI=1S/C22H36N4O/c1-24-15-11-22(12-16-24,19-7-5-4-6-8-19)18-23-21(27)10-14-26(3)20-9-13-25(2)17-20/h4-8,20H,9-18H2,1-3H3,(H,23,27)/t20-/m0/s1. The van der Waals surface area contributed by atoms with Crippen LogP contribution in [0, 0.1) is 0 Å². The Morgan fingerprint density at radius 1 is 1.15 bits per heavy atom. The highest BCUT2D eigenvalue weighted by Gasteiger charge is 2.35. The highest BCUT2D eigenvalue weighted by molar-refractivity contribution is 5.76. The second-order valence-corrected chi connectivity index (χ2v) is 8.66. The third kappa shape index (κ3) is 5.31. The number of piperidine rings is 1. The summed E-state index contributed by atoms with van der Waals surface area (Å²) >= 11 is 0. The summed E-state index contributed by atoms with van der Waals surface area (Å²) in [6, 6.07) is 11.3. The normalized spacial score (nSPS) is 23.6. The van der Waals surface area contributed by atoms with Crippen molar-refractivity contribution >= 4 is 5.91 Å². The van der Waals surface area contributed by atoms with Gasteiger partial charge in [-0.15, -0.1) is 0 Å². The van der Waals surface area contributed by atoms with Gasteiger partial charge in [0, 0.05) is 37.5 Å². The first-order valence-electron chi connectivity index (χ1n) is 10.4. The highest BCUT2D eigenvalue weighted by Crippen LogP contribution is 2.34. The Kier molecular flexibility index (Phi) is 6.90. The number of likely N-dealkylation sites (tertiary alicyclic amines) is 2. The predicted molar refractivity (Wildman–Crippen MR) is 111 cm³/mol. The van der Waals surface area contributed by atoms with Crippen molar-refractivity contribution in [2.75, 3.05) is 60.4 Å². The molecule has 2 saturated heterocycles. The van der Waals surface area contributed by atoms with Crippen LogP contribution in [0.25, 0.3) is 0 Å². The van der Waals surface area contributed by atoms with Crippen molar-refractivity contribution in [1.82, 2.24) is 20.0 Å². The number of amides is 1. The second-order valence-electron chi connectivity index (χ2n) is 8.66. The molecule has 5 nitrogen and oxygen atoms in total. The fourth-order valence-corrected chi connectivity index (χ4v) is 4.49. The third-order valence-corrected chi connectivity index (χ3v) is 6.64. The van der Waals surface area contributed by atoms with Crippen LogP contribution in [0.2, 0.25) is 0 Å². The fraction of sp³-hybridized carbons (Fsp3) is 0.682. The maximum Gasteiger partial charge on any atom is 0.221 e. The van der Waals surface area contributed by atoms with Crippen LogP contribution >= 0.6 is 0 Å². The van der Waals surface area contributed by atoms with E-state index >= 15 is 0 Å². The molecular weight excluding hydrogens is 336 g/mol. The maximum absolute atomic E-state index is 12.5. The van der Waals surface area contributed by atoms with Gasteiger partial charge in [0.15, 0.2) is 0 Å². The van der Waals surface area contributed by atoms with Crippen molar-refractivity contribution in [1.29, 1.82) is 0 Å². The van der Waals surface area contributed by atoms with E-state index in [-0.39, 0.29) is 11.3 Å². The van der Waals surface area contributed by atoms with Crippen LogP contribution in [0.3, 0.4) is 0 Å². The molecule has 0 bridgehead atoms. The zero-order valence-electron chi connectivity index (χ0n) is 17.3. The molecule has 1 amide bonds. The van der Waals surface area contributed by atoms with E-state index in [1.165, 1.54) is 12.0 Å². The van der Waals surface area contributed by atoms with E-state index in [0.29, 0.717) is 12.5 Å². The second kappa shape index (κ2) is 9.18. The fourth-order valence-electron chi connectivity index (χ4n) is 4.49. The molecule has 2 aliphatic heterocycles. The van der Waals surface area contributed by atoms with Crippen LogP contribution in [0.1, 0.15) is 31.2 Å². The number of carbonyl (C=O) groups is 1. The SMILES string of the molecule is CN1CCC(CNC(=O)CCN(C)[C@H]2CCN(C)C2)(c2ccccc2)CC1. The lowest BCUT2D eigenvalue weighted by atomic mass is 9.72. The summed E-state index contributed by atoms with van der Waals surface area (Å²) in [5.74, 6) is 0.183. The Morgan fingerprint density at radius 3 is 2.48 bits per heavy atom. The zero-order chi connectivity index (χ0) is 19.3. The van der Waals surface area contributed by atoms with Crippen LogP contribution in [0.5, 0.6) is 0 Å². The maximum atomic E-state index is 12.5. The first-order chi connectivity index (χ1) is 13.0. The summed E-state index contributed by atoms with van der Waals surface area (Å²) in [5.41, 5.74) is 1.44.